The van der Waals surface area contributed by atoms with Gasteiger partial charge in [0.05, 0.1) is 5.56 Å². The van der Waals surface area contributed by atoms with Crippen molar-refractivity contribution in [3.8, 4) is 11.3 Å². The molecule has 88 valence electrons. The van der Waals surface area contributed by atoms with Crippen LogP contribution in [0.4, 0.5) is 0 Å². The first-order chi connectivity index (χ1) is 8.78. The van der Waals surface area contributed by atoms with Gasteiger partial charge < -0.3 is 0 Å². The summed E-state index contributed by atoms with van der Waals surface area (Å²) in [6, 6.07) is 7.98. The minimum absolute atomic E-state index is 0.475. The van der Waals surface area contributed by atoms with E-state index in [1.54, 1.807) is 6.20 Å². The van der Waals surface area contributed by atoms with Crippen molar-refractivity contribution in [2.45, 2.75) is 6.92 Å². The quantitative estimate of drug-likeness (QED) is 0.640. The zero-order chi connectivity index (χ0) is 12.5. The van der Waals surface area contributed by atoms with Crippen molar-refractivity contribution < 1.29 is 4.79 Å². The van der Waals surface area contributed by atoms with E-state index >= 15 is 0 Å². The number of fused-ring (bicyclic) bond motifs is 1. The third-order valence-electron chi connectivity index (χ3n) is 2.70. The van der Waals surface area contributed by atoms with Crippen LogP contribution in [0.5, 0.6) is 0 Å². The standard InChI is InChI=1S/C13H10N4O/c1-9-3-2-4-11(5-9)12-13-14-6-10(8-18)7-17(13)16-15-12/h2-8H,1H3. The number of aromatic nitrogens is 4. The highest BCUT2D eigenvalue weighted by molar-refractivity contribution is 5.77. The molecule has 0 spiro atoms. The number of rotatable bonds is 2. The van der Waals surface area contributed by atoms with E-state index in [2.05, 4.69) is 15.3 Å². The number of carbonyl (C=O) groups is 1. The molecule has 0 aliphatic heterocycles. The number of benzene rings is 1. The summed E-state index contributed by atoms with van der Waals surface area (Å²) >= 11 is 0. The maximum Gasteiger partial charge on any atom is 0.183 e. The van der Waals surface area contributed by atoms with Crippen LogP contribution in [0, 0.1) is 6.92 Å². The predicted octanol–water partition coefficient (Wildman–Crippen LogP) is 1.91. The number of carbonyl (C=O) groups excluding carboxylic acids is 1. The van der Waals surface area contributed by atoms with Crippen molar-refractivity contribution in [2.24, 2.45) is 0 Å². The predicted molar refractivity (Wildman–Crippen MR) is 66.3 cm³/mol. The van der Waals surface area contributed by atoms with E-state index in [1.165, 1.54) is 10.7 Å². The summed E-state index contributed by atoms with van der Waals surface area (Å²) in [5.41, 5.74) is 3.96. The third-order valence-corrected chi connectivity index (χ3v) is 2.70. The monoisotopic (exact) mass is 238 g/mol. The third kappa shape index (κ3) is 1.66. The molecule has 0 atom stereocenters. The lowest BCUT2D eigenvalue weighted by Gasteiger charge is -1.98. The summed E-state index contributed by atoms with van der Waals surface area (Å²) in [5.74, 6) is 0. The topological polar surface area (TPSA) is 60.2 Å². The Morgan fingerprint density at radius 2 is 2.22 bits per heavy atom. The fourth-order valence-electron chi connectivity index (χ4n) is 1.85. The van der Waals surface area contributed by atoms with Crippen LogP contribution in [0.15, 0.2) is 36.7 Å². The number of hydrogen-bond donors (Lipinski definition) is 0. The highest BCUT2D eigenvalue weighted by Crippen LogP contribution is 2.21. The van der Waals surface area contributed by atoms with Gasteiger partial charge in [-0.05, 0) is 13.0 Å². The first-order valence-corrected chi connectivity index (χ1v) is 5.51. The van der Waals surface area contributed by atoms with Crippen molar-refractivity contribution in [2.75, 3.05) is 0 Å². The Kier molecular flexibility index (Phi) is 2.37. The molecule has 0 unspecified atom stereocenters. The first-order valence-electron chi connectivity index (χ1n) is 5.51. The summed E-state index contributed by atoms with van der Waals surface area (Å²) in [6.07, 6.45) is 3.87. The Balaban J connectivity index is 2.21. The van der Waals surface area contributed by atoms with Gasteiger partial charge in [-0.15, -0.1) is 5.10 Å². The van der Waals surface area contributed by atoms with Gasteiger partial charge in [0.15, 0.2) is 11.9 Å². The van der Waals surface area contributed by atoms with E-state index < -0.39 is 0 Å². The second-order valence-electron chi connectivity index (χ2n) is 4.08. The molecule has 2 aromatic heterocycles. The average molecular weight is 238 g/mol. The molecule has 18 heavy (non-hydrogen) atoms. The minimum atomic E-state index is 0.475. The van der Waals surface area contributed by atoms with E-state index in [0.717, 1.165) is 23.1 Å². The van der Waals surface area contributed by atoms with Crippen LogP contribution in [0.25, 0.3) is 16.9 Å². The van der Waals surface area contributed by atoms with E-state index in [0.29, 0.717) is 11.2 Å². The summed E-state index contributed by atoms with van der Waals surface area (Å²) < 4.78 is 1.52. The van der Waals surface area contributed by atoms with E-state index in [9.17, 15) is 4.79 Å². The highest BCUT2D eigenvalue weighted by Gasteiger charge is 2.10. The van der Waals surface area contributed by atoms with Crippen LogP contribution in [0.1, 0.15) is 15.9 Å². The van der Waals surface area contributed by atoms with Gasteiger partial charge in [0.1, 0.15) is 5.69 Å². The van der Waals surface area contributed by atoms with Crippen LogP contribution >= 0.6 is 0 Å². The zero-order valence-electron chi connectivity index (χ0n) is 9.74. The molecule has 5 nitrogen and oxygen atoms in total. The highest BCUT2D eigenvalue weighted by atomic mass is 16.1. The Morgan fingerprint density at radius 3 is 3.00 bits per heavy atom. The molecule has 0 saturated heterocycles. The van der Waals surface area contributed by atoms with Crippen LogP contribution in [-0.4, -0.2) is 26.1 Å². The molecule has 0 aliphatic rings. The molecule has 0 saturated carbocycles. The van der Waals surface area contributed by atoms with Gasteiger partial charge in [0, 0.05) is 18.0 Å². The number of nitrogens with zero attached hydrogens (tertiary/aromatic N) is 4. The summed E-state index contributed by atoms with van der Waals surface area (Å²) in [6.45, 7) is 2.02. The fraction of sp³-hybridized carbons (Fsp3) is 0.0769. The van der Waals surface area contributed by atoms with Crippen molar-refractivity contribution in [3.63, 3.8) is 0 Å². The molecule has 0 fully saturated rings. The molecule has 3 rings (SSSR count). The largest absolute Gasteiger partial charge is 0.298 e. The normalized spacial score (nSPS) is 10.7. The Hall–Kier alpha value is -2.56. The Morgan fingerprint density at radius 1 is 1.33 bits per heavy atom. The maximum absolute atomic E-state index is 10.7. The second kappa shape index (κ2) is 4.03. The first kappa shape index (κ1) is 10.6. The van der Waals surface area contributed by atoms with Gasteiger partial charge in [-0.2, -0.15) is 0 Å². The molecule has 0 N–H and O–H groups in total. The lowest BCUT2D eigenvalue weighted by molar-refractivity contribution is 0.112. The lowest BCUT2D eigenvalue weighted by atomic mass is 10.1. The van der Waals surface area contributed by atoms with E-state index in [4.69, 9.17) is 0 Å². The number of aldehydes is 1. The zero-order valence-corrected chi connectivity index (χ0v) is 9.74. The second-order valence-corrected chi connectivity index (χ2v) is 4.08. The molecule has 3 aromatic rings. The minimum Gasteiger partial charge on any atom is -0.298 e. The molecule has 2 heterocycles. The summed E-state index contributed by atoms with van der Waals surface area (Å²) in [5, 5.41) is 8.10. The van der Waals surface area contributed by atoms with Crippen molar-refractivity contribution in [1.82, 2.24) is 19.8 Å². The number of hydrogen-bond acceptors (Lipinski definition) is 4. The van der Waals surface area contributed by atoms with Crippen molar-refractivity contribution in [3.05, 3.63) is 47.8 Å². The SMILES string of the molecule is Cc1cccc(-c2nnn3cc(C=O)cnc23)c1. The molecule has 0 aliphatic carbocycles. The number of aryl methyl sites for hydroxylation is 1. The average Bonchev–Trinajstić information content (AvgIpc) is 2.81. The van der Waals surface area contributed by atoms with Crippen molar-refractivity contribution >= 4 is 11.9 Å². The van der Waals surface area contributed by atoms with Crippen molar-refractivity contribution in [1.29, 1.82) is 0 Å². The van der Waals surface area contributed by atoms with Crippen LogP contribution in [0.2, 0.25) is 0 Å². The Labute approximate surface area is 103 Å². The van der Waals surface area contributed by atoms with Gasteiger partial charge in [0.25, 0.3) is 0 Å². The van der Waals surface area contributed by atoms with Crippen LogP contribution in [-0.2, 0) is 0 Å². The van der Waals surface area contributed by atoms with Crippen LogP contribution in [0.3, 0.4) is 0 Å². The maximum atomic E-state index is 10.7. The van der Waals surface area contributed by atoms with Crippen LogP contribution < -0.4 is 0 Å². The Bertz CT molecular complexity index is 733. The molecule has 0 bridgehead atoms. The molecule has 0 radical (unpaired) electrons. The molecular weight excluding hydrogens is 228 g/mol. The lowest BCUT2D eigenvalue weighted by Crippen LogP contribution is -1.93. The molecule has 0 amide bonds. The molecule has 5 heteroatoms. The summed E-state index contributed by atoms with van der Waals surface area (Å²) in [4.78, 5) is 14.9. The van der Waals surface area contributed by atoms with Gasteiger partial charge in [-0.3, -0.25) is 4.79 Å². The van der Waals surface area contributed by atoms with E-state index in [1.807, 2.05) is 31.2 Å². The fourth-order valence-corrected chi connectivity index (χ4v) is 1.85. The molecule has 1 aromatic carbocycles. The van der Waals surface area contributed by atoms with E-state index in [-0.39, 0.29) is 0 Å². The summed E-state index contributed by atoms with van der Waals surface area (Å²) in [7, 11) is 0. The molecular formula is C13H10N4O. The van der Waals surface area contributed by atoms with Gasteiger partial charge in [0.2, 0.25) is 0 Å². The van der Waals surface area contributed by atoms with Gasteiger partial charge in [-0.25, -0.2) is 9.50 Å². The van der Waals surface area contributed by atoms with Gasteiger partial charge >= 0.3 is 0 Å². The smallest absolute Gasteiger partial charge is 0.183 e. The van der Waals surface area contributed by atoms with Gasteiger partial charge in [-0.1, -0.05) is 29.0 Å².